The molecule has 2 rings (SSSR count). The van der Waals surface area contributed by atoms with Gasteiger partial charge < -0.3 is 10.1 Å². The van der Waals surface area contributed by atoms with Crippen molar-refractivity contribution < 1.29 is 23.9 Å². The summed E-state index contributed by atoms with van der Waals surface area (Å²) in [6.07, 6.45) is 8.28. The Bertz CT molecular complexity index is 527. The SMILES string of the molecule is C#CCNC(=O)COC(=O)CCN1C(=O)[C@@H]2CCCC[C@H]2C1=O. The minimum Gasteiger partial charge on any atom is -0.456 e. The van der Waals surface area contributed by atoms with Crippen LogP contribution in [0, 0.1) is 24.2 Å². The molecule has 0 unspecified atom stereocenters. The molecule has 2 atom stereocenters. The molecule has 2 aliphatic rings. The molecule has 1 aliphatic heterocycles. The molecule has 1 heterocycles. The second kappa shape index (κ2) is 7.77. The largest absolute Gasteiger partial charge is 0.456 e. The zero-order chi connectivity index (χ0) is 16.8. The standard InChI is InChI=1S/C16H20N2O5/c1-2-8-17-13(19)10-23-14(20)7-9-18-15(21)11-5-3-4-6-12(11)16(18)22/h1,11-12H,3-10H2,(H,17,19)/t11-,12-/m1/s1. The van der Waals surface area contributed by atoms with Crippen LogP contribution in [-0.2, 0) is 23.9 Å². The molecule has 124 valence electrons. The van der Waals surface area contributed by atoms with Gasteiger partial charge in [0.15, 0.2) is 6.61 Å². The third kappa shape index (κ3) is 4.09. The number of rotatable bonds is 6. The summed E-state index contributed by atoms with van der Waals surface area (Å²) in [5.41, 5.74) is 0. The Balaban J connectivity index is 1.76. The monoisotopic (exact) mass is 320 g/mol. The number of likely N-dealkylation sites (tertiary alicyclic amines) is 1. The van der Waals surface area contributed by atoms with Crippen molar-refractivity contribution in [3.05, 3.63) is 0 Å². The lowest BCUT2D eigenvalue weighted by molar-refractivity contribution is -0.149. The Hall–Kier alpha value is -2.36. The first-order chi connectivity index (χ1) is 11.0. The smallest absolute Gasteiger partial charge is 0.308 e. The highest BCUT2D eigenvalue weighted by Crippen LogP contribution is 2.37. The van der Waals surface area contributed by atoms with Gasteiger partial charge in [0.1, 0.15) is 0 Å². The van der Waals surface area contributed by atoms with Gasteiger partial charge in [-0.25, -0.2) is 0 Å². The molecule has 0 aromatic heterocycles. The average molecular weight is 320 g/mol. The van der Waals surface area contributed by atoms with Gasteiger partial charge in [-0.15, -0.1) is 6.42 Å². The Labute approximate surface area is 134 Å². The highest BCUT2D eigenvalue weighted by molar-refractivity contribution is 6.05. The molecule has 23 heavy (non-hydrogen) atoms. The summed E-state index contributed by atoms with van der Waals surface area (Å²) in [6.45, 7) is -0.348. The summed E-state index contributed by atoms with van der Waals surface area (Å²) in [5.74, 6) is 0.306. The van der Waals surface area contributed by atoms with Gasteiger partial charge in [0.05, 0.1) is 24.8 Å². The zero-order valence-corrected chi connectivity index (χ0v) is 12.9. The minimum atomic E-state index is -0.628. The highest BCUT2D eigenvalue weighted by atomic mass is 16.5. The van der Waals surface area contributed by atoms with Gasteiger partial charge in [-0.3, -0.25) is 24.1 Å². The number of terminal acetylenes is 1. The van der Waals surface area contributed by atoms with Crippen LogP contribution in [0.25, 0.3) is 0 Å². The quantitative estimate of drug-likeness (QED) is 0.417. The van der Waals surface area contributed by atoms with Crippen molar-refractivity contribution in [2.24, 2.45) is 11.8 Å². The number of fused-ring (bicyclic) bond motifs is 1. The third-order valence-electron chi connectivity index (χ3n) is 4.22. The van der Waals surface area contributed by atoms with Gasteiger partial charge in [-0.2, -0.15) is 0 Å². The van der Waals surface area contributed by atoms with Crippen molar-refractivity contribution in [3.8, 4) is 12.3 Å². The van der Waals surface area contributed by atoms with E-state index >= 15 is 0 Å². The van der Waals surface area contributed by atoms with Gasteiger partial charge in [-0.05, 0) is 12.8 Å². The van der Waals surface area contributed by atoms with E-state index in [9.17, 15) is 19.2 Å². The maximum Gasteiger partial charge on any atom is 0.308 e. The molecule has 1 saturated carbocycles. The number of ether oxygens (including phenoxy) is 1. The second-order valence-electron chi connectivity index (χ2n) is 5.72. The van der Waals surface area contributed by atoms with Crippen LogP contribution in [0.1, 0.15) is 32.1 Å². The van der Waals surface area contributed by atoms with Gasteiger partial charge in [0.2, 0.25) is 11.8 Å². The lowest BCUT2D eigenvalue weighted by atomic mass is 9.81. The zero-order valence-electron chi connectivity index (χ0n) is 12.9. The summed E-state index contributed by atoms with van der Waals surface area (Å²) in [5, 5.41) is 2.36. The number of nitrogens with zero attached hydrogens (tertiary/aromatic N) is 1. The number of nitrogens with one attached hydrogen (secondary N) is 1. The molecule has 0 aromatic carbocycles. The Morgan fingerprint density at radius 3 is 2.39 bits per heavy atom. The molecular formula is C16H20N2O5. The maximum absolute atomic E-state index is 12.2. The molecular weight excluding hydrogens is 300 g/mol. The number of carbonyl (C=O) groups is 4. The van der Waals surface area contributed by atoms with E-state index in [4.69, 9.17) is 11.2 Å². The number of imide groups is 1. The number of amides is 3. The normalized spacial score (nSPS) is 23.2. The van der Waals surface area contributed by atoms with E-state index in [-0.39, 0.29) is 43.2 Å². The molecule has 1 N–H and O–H groups in total. The second-order valence-corrected chi connectivity index (χ2v) is 5.72. The summed E-state index contributed by atoms with van der Waals surface area (Å²) in [6, 6.07) is 0. The summed E-state index contributed by atoms with van der Waals surface area (Å²) >= 11 is 0. The molecule has 3 amide bonds. The van der Waals surface area contributed by atoms with Crippen LogP contribution in [-0.4, -0.2) is 48.3 Å². The van der Waals surface area contributed by atoms with Gasteiger partial charge in [-0.1, -0.05) is 18.8 Å². The van der Waals surface area contributed by atoms with Gasteiger partial charge in [0, 0.05) is 6.54 Å². The fourth-order valence-electron chi connectivity index (χ4n) is 3.07. The first kappa shape index (κ1) is 17.0. The fourth-order valence-corrected chi connectivity index (χ4v) is 3.07. The minimum absolute atomic E-state index is 0.00940. The lowest BCUT2D eigenvalue weighted by Gasteiger charge is -2.19. The predicted octanol–water partition coefficient (Wildman–Crippen LogP) is -0.156. The third-order valence-corrected chi connectivity index (χ3v) is 4.22. The van der Waals surface area contributed by atoms with E-state index in [1.165, 1.54) is 4.90 Å². The van der Waals surface area contributed by atoms with Crippen molar-refractivity contribution in [2.45, 2.75) is 32.1 Å². The van der Waals surface area contributed by atoms with Crippen molar-refractivity contribution >= 4 is 23.7 Å². The Morgan fingerprint density at radius 1 is 1.22 bits per heavy atom. The first-order valence-electron chi connectivity index (χ1n) is 7.75. The van der Waals surface area contributed by atoms with E-state index in [0.717, 1.165) is 25.7 Å². The molecule has 7 heteroatoms. The van der Waals surface area contributed by atoms with Crippen LogP contribution in [0.15, 0.2) is 0 Å². The maximum atomic E-state index is 12.2. The number of esters is 1. The topological polar surface area (TPSA) is 92.8 Å². The average Bonchev–Trinajstić information content (AvgIpc) is 2.80. The molecule has 7 nitrogen and oxygen atoms in total. The van der Waals surface area contributed by atoms with Crippen molar-refractivity contribution in [3.63, 3.8) is 0 Å². The molecule has 1 aliphatic carbocycles. The molecule has 0 radical (unpaired) electrons. The number of hydrogen-bond acceptors (Lipinski definition) is 5. The Morgan fingerprint density at radius 2 is 1.83 bits per heavy atom. The predicted molar refractivity (Wildman–Crippen MR) is 79.6 cm³/mol. The van der Waals surface area contributed by atoms with Gasteiger partial charge >= 0.3 is 5.97 Å². The molecule has 0 bridgehead atoms. The van der Waals surface area contributed by atoms with E-state index in [1.807, 2.05) is 0 Å². The van der Waals surface area contributed by atoms with Crippen LogP contribution in [0.4, 0.5) is 0 Å². The van der Waals surface area contributed by atoms with Crippen LogP contribution < -0.4 is 5.32 Å². The molecule has 1 saturated heterocycles. The van der Waals surface area contributed by atoms with Crippen molar-refractivity contribution in [2.75, 3.05) is 19.7 Å². The van der Waals surface area contributed by atoms with Crippen LogP contribution >= 0.6 is 0 Å². The number of carbonyl (C=O) groups excluding carboxylic acids is 4. The first-order valence-corrected chi connectivity index (χ1v) is 7.75. The van der Waals surface area contributed by atoms with Crippen molar-refractivity contribution in [1.82, 2.24) is 10.2 Å². The highest BCUT2D eigenvalue weighted by Gasteiger charge is 2.47. The molecule has 0 spiro atoms. The summed E-state index contributed by atoms with van der Waals surface area (Å²) in [7, 11) is 0. The molecule has 0 aromatic rings. The molecule has 2 fully saturated rings. The van der Waals surface area contributed by atoms with Crippen molar-refractivity contribution in [1.29, 1.82) is 0 Å². The fraction of sp³-hybridized carbons (Fsp3) is 0.625. The summed E-state index contributed by atoms with van der Waals surface area (Å²) in [4.78, 5) is 48.5. The lowest BCUT2D eigenvalue weighted by Crippen LogP contribution is -2.34. The van der Waals surface area contributed by atoms with E-state index in [2.05, 4.69) is 11.2 Å². The Kier molecular flexibility index (Phi) is 5.74. The van der Waals surface area contributed by atoms with Crippen LogP contribution in [0.2, 0.25) is 0 Å². The van der Waals surface area contributed by atoms with Crippen LogP contribution in [0.3, 0.4) is 0 Å². The van der Waals surface area contributed by atoms with E-state index in [1.54, 1.807) is 0 Å². The van der Waals surface area contributed by atoms with Gasteiger partial charge in [0.25, 0.3) is 5.91 Å². The van der Waals surface area contributed by atoms with E-state index < -0.39 is 18.5 Å². The van der Waals surface area contributed by atoms with Crippen LogP contribution in [0.5, 0.6) is 0 Å². The summed E-state index contributed by atoms with van der Waals surface area (Å²) < 4.78 is 4.78. The number of hydrogen-bond donors (Lipinski definition) is 1. The van der Waals surface area contributed by atoms with E-state index in [0.29, 0.717) is 0 Å².